The van der Waals surface area contributed by atoms with E-state index in [-0.39, 0.29) is 6.42 Å². The number of benzene rings is 1. The van der Waals surface area contributed by atoms with E-state index in [0.29, 0.717) is 0 Å². The number of carbonyl (C=O) groups excluding carboxylic acids is 2. The van der Waals surface area contributed by atoms with Crippen LogP contribution < -0.4 is 10.4 Å². The fraction of sp³-hybridized carbons (Fsp3) is 0.467. The van der Waals surface area contributed by atoms with Crippen molar-refractivity contribution in [3.05, 3.63) is 35.4 Å². The van der Waals surface area contributed by atoms with Crippen molar-refractivity contribution in [1.29, 1.82) is 0 Å². The Kier molecular flexibility index (Phi) is 5.13. The molecule has 0 aliphatic heterocycles. The van der Waals surface area contributed by atoms with Crippen LogP contribution in [0.4, 0.5) is 4.79 Å². The smallest absolute Gasteiger partial charge is 0.408 e. The molecule has 0 saturated heterocycles. The number of aliphatic carboxylic acids is 1. The average molecular weight is 278 g/mol. The Morgan fingerprint density at radius 1 is 1.35 bits per heavy atom. The third kappa shape index (κ3) is 5.73. The van der Waals surface area contributed by atoms with E-state index in [4.69, 9.17) is 4.74 Å². The van der Waals surface area contributed by atoms with E-state index in [1.54, 1.807) is 26.8 Å². The van der Waals surface area contributed by atoms with Gasteiger partial charge in [0.1, 0.15) is 5.60 Å². The SMILES string of the molecule is Cc1cccc(C[C@H](NC(=O)OC(C)(C)C)C(=O)[O-])c1. The molecule has 5 nitrogen and oxygen atoms in total. The third-order valence-electron chi connectivity index (χ3n) is 2.50. The van der Waals surface area contributed by atoms with Crippen LogP contribution in [0.2, 0.25) is 0 Å². The highest BCUT2D eigenvalue weighted by Gasteiger charge is 2.20. The van der Waals surface area contributed by atoms with Gasteiger partial charge in [-0.2, -0.15) is 0 Å². The summed E-state index contributed by atoms with van der Waals surface area (Å²) in [6.07, 6.45) is -0.608. The van der Waals surface area contributed by atoms with Crippen molar-refractivity contribution >= 4 is 12.1 Å². The number of rotatable bonds is 4. The van der Waals surface area contributed by atoms with Gasteiger partial charge < -0.3 is 20.0 Å². The van der Waals surface area contributed by atoms with E-state index >= 15 is 0 Å². The molecule has 1 aromatic rings. The predicted octanol–water partition coefficient (Wildman–Crippen LogP) is 1.18. The van der Waals surface area contributed by atoms with Crippen molar-refractivity contribution in [3.8, 4) is 0 Å². The maximum Gasteiger partial charge on any atom is 0.408 e. The maximum absolute atomic E-state index is 11.6. The molecule has 0 bridgehead atoms. The lowest BCUT2D eigenvalue weighted by Gasteiger charge is -2.24. The number of ether oxygens (including phenoxy) is 1. The van der Waals surface area contributed by atoms with E-state index < -0.39 is 23.7 Å². The second-order valence-electron chi connectivity index (χ2n) is 5.71. The van der Waals surface area contributed by atoms with Gasteiger partial charge in [-0.25, -0.2) is 4.79 Å². The fourth-order valence-corrected chi connectivity index (χ4v) is 1.72. The van der Waals surface area contributed by atoms with Crippen molar-refractivity contribution in [2.45, 2.75) is 45.8 Å². The van der Waals surface area contributed by atoms with Gasteiger partial charge in [-0.05, 0) is 39.7 Å². The minimum absolute atomic E-state index is 0.156. The molecule has 0 unspecified atom stereocenters. The van der Waals surface area contributed by atoms with Gasteiger partial charge in [-0.15, -0.1) is 0 Å². The Bertz CT molecular complexity index is 491. The first-order valence-corrected chi connectivity index (χ1v) is 6.43. The molecule has 1 amide bonds. The zero-order chi connectivity index (χ0) is 15.3. The summed E-state index contributed by atoms with van der Waals surface area (Å²) in [6.45, 7) is 7.04. The highest BCUT2D eigenvalue weighted by molar-refractivity contribution is 5.79. The van der Waals surface area contributed by atoms with Gasteiger partial charge >= 0.3 is 6.09 Å². The highest BCUT2D eigenvalue weighted by atomic mass is 16.6. The first kappa shape index (κ1) is 16.0. The third-order valence-corrected chi connectivity index (χ3v) is 2.50. The van der Waals surface area contributed by atoms with Crippen LogP contribution in [-0.2, 0) is 16.0 Å². The number of amides is 1. The van der Waals surface area contributed by atoms with Crippen molar-refractivity contribution in [3.63, 3.8) is 0 Å². The number of aryl methyl sites for hydroxylation is 1. The first-order chi connectivity index (χ1) is 9.17. The number of carboxylic acids is 1. The quantitative estimate of drug-likeness (QED) is 0.897. The van der Waals surface area contributed by atoms with E-state index in [2.05, 4.69) is 5.32 Å². The summed E-state index contributed by atoms with van der Waals surface area (Å²) in [7, 11) is 0. The molecule has 0 saturated carbocycles. The second kappa shape index (κ2) is 6.41. The Labute approximate surface area is 118 Å². The molecule has 0 aliphatic rings. The molecule has 110 valence electrons. The zero-order valence-electron chi connectivity index (χ0n) is 12.2. The molecule has 20 heavy (non-hydrogen) atoms. The molecule has 0 aromatic heterocycles. The lowest BCUT2D eigenvalue weighted by Crippen LogP contribution is -2.50. The van der Waals surface area contributed by atoms with E-state index in [0.717, 1.165) is 11.1 Å². The Morgan fingerprint density at radius 3 is 2.50 bits per heavy atom. The Morgan fingerprint density at radius 2 is 2.00 bits per heavy atom. The van der Waals surface area contributed by atoms with E-state index in [9.17, 15) is 14.7 Å². The molecule has 0 aliphatic carbocycles. The molecule has 1 aromatic carbocycles. The lowest BCUT2D eigenvalue weighted by molar-refractivity contribution is -0.308. The minimum atomic E-state index is -1.34. The summed E-state index contributed by atoms with van der Waals surface area (Å²) in [5.41, 5.74) is 1.16. The van der Waals surface area contributed by atoms with Crippen LogP contribution in [0.1, 0.15) is 31.9 Å². The molecule has 0 fully saturated rings. The summed E-state index contributed by atoms with van der Waals surface area (Å²) in [6, 6.07) is 6.31. The molecular weight excluding hydrogens is 258 g/mol. The van der Waals surface area contributed by atoms with Gasteiger partial charge in [0, 0.05) is 0 Å². The molecule has 0 spiro atoms. The van der Waals surface area contributed by atoms with Crippen molar-refractivity contribution in [2.75, 3.05) is 0 Å². The van der Waals surface area contributed by atoms with Crippen molar-refractivity contribution < 1.29 is 19.4 Å². The van der Waals surface area contributed by atoms with E-state index in [1.165, 1.54) is 0 Å². The number of carbonyl (C=O) groups is 2. The van der Waals surface area contributed by atoms with Crippen LogP contribution in [0.3, 0.4) is 0 Å². The highest BCUT2D eigenvalue weighted by Crippen LogP contribution is 2.09. The van der Waals surface area contributed by atoms with Gasteiger partial charge in [0.05, 0.1) is 12.0 Å². The Hall–Kier alpha value is -2.04. The van der Waals surface area contributed by atoms with Crippen molar-refractivity contribution in [2.24, 2.45) is 0 Å². The normalized spacial score (nSPS) is 12.6. The number of alkyl carbamates (subject to hydrolysis) is 1. The molecule has 1 rings (SSSR count). The van der Waals surface area contributed by atoms with Gasteiger partial charge in [-0.3, -0.25) is 0 Å². The lowest BCUT2D eigenvalue weighted by atomic mass is 10.0. The number of hydrogen-bond donors (Lipinski definition) is 1. The molecule has 5 heteroatoms. The van der Waals surface area contributed by atoms with Crippen molar-refractivity contribution in [1.82, 2.24) is 5.32 Å². The van der Waals surface area contributed by atoms with Crippen LogP contribution in [0.5, 0.6) is 0 Å². The summed E-state index contributed by atoms with van der Waals surface area (Å²) in [4.78, 5) is 22.7. The minimum Gasteiger partial charge on any atom is -0.548 e. The fourth-order valence-electron chi connectivity index (χ4n) is 1.72. The van der Waals surface area contributed by atoms with Crippen LogP contribution in [0.25, 0.3) is 0 Å². The number of carboxylic acid groups (broad SMARTS) is 1. The molecule has 1 atom stereocenters. The standard InChI is InChI=1S/C15H21NO4/c1-10-6-5-7-11(8-10)9-12(13(17)18)16-14(19)20-15(2,3)4/h5-8,12H,9H2,1-4H3,(H,16,19)(H,17,18)/p-1/t12-/m0/s1. The summed E-state index contributed by atoms with van der Waals surface area (Å²) >= 11 is 0. The van der Waals surface area contributed by atoms with Crippen LogP contribution in [-0.4, -0.2) is 23.7 Å². The first-order valence-electron chi connectivity index (χ1n) is 6.43. The van der Waals surface area contributed by atoms with Crippen LogP contribution in [0.15, 0.2) is 24.3 Å². The number of nitrogens with one attached hydrogen (secondary N) is 1. The maximum atomic E-state index is 11.6. The van der Waals surface area contributed by atoms with Gasteiger partial charge in [0.15, 0.2) is 0 Å². The second-order valence-corrected chi connectivity index (χ2v) is 5.71. The van der Waals surface area contributed by atoms with Gasteiger partial charge in [-0.1, -0.05) is 29.8 Å². The summed E-state index contributed by atoms with van der Waals surface area (Å²) in [5, 5.41) is 13.4. The van der Waals surface area contributed by atoms with Gasteiger partial charge in [0.25, 0.3) is 0 Å². The summed E-state index contributed by atoms with van der Waals surface area (Å²) in [5.74, 6) is -1.34. The average Bonchev–Trinajstić information content (AvgIpc) is 2.25. The predicted molar refractivity (Wildman–Crippen MR) is 73.0 cm³/mol. The monoisotopic (exact) mass is 278 g/mol. The molecule has 0 radical (unpaired) electrons. The number of hydrogen-bond acceptors (Lipinski definition) is 4. The van der Waals surface area contributed by atoms with Gasteiger partial charge in [0.2, 0.25) is 0 Å². The zero-order valence-corrected chi connectivity index (χ0v) is 12.2. The molecule has 1 N–H and O–H groups in total. The Balaban J connectivity index is 2.71. The largest absolute Gasteiger partial charge is 0.548 e. The van der Waals surface area contributed by atoms with E-state index in [1.807, 2.05) is 25.1 Å². The van der Waals surface area contributed by atoms with Crippen LogP contribution in [0, 0.1) is 6.92 Å². The topological polar surface area (TPSA) is 78.5 Å². The van der Waals surface area contributed by atoms with Crippen LogP contribution >= 0.6 is 0 Å². The summed E-state index contributed by atoms with van der Waals surface area (Å²) < 4.78 is 5.04. The molecular formula is C15H20NO4-. The molecule has 0 heterocycles.